The number of hydrogen-bond donors (Lipinski definition) is 0. The molecule has 0 saturated carbocycles. The molecule has 1 rings (SSSR count). The maximum atomic E-state index is 12.2. The van der Waals surface area contributed by atoms with Crippen LogP contribution in [-0.2, 0) is 12.6 Å². The van der Waals surface area contributed by atoms with Crippen LogP contribution in [-0.4, -0.2) is 0 Å². The summed E-state index contributed by atoms with van der Waals surface area (Å²) in [4.78, 5) is 0.0522. The average molecular weight is 184 g/mol. The fourth-order valence-corrected chi connectivity index (χ4v) is 0.602. The first-order valence-electron chi connectivity index (χ1n) is 2.32. The van der Waals surface area contributed by atoms with Crippen molar-refractivity contribution < 1.29 is 60.2 Å². The SMILES string of the molecule is Fc1ccc([S-])c(F)c1.[K+]. The number of benzene rings is 1. The van der Waals surface area contributed by atoms with Crippen molar-refractivity contribution in [2.24, 2.45) is 0 Å². The monoisotopic (exact) mass is 184 g/mol. The van der Waals surface area contributed by atoms with Crippen molar-refractivity contribution in [1.82, 2.24) is 0 Å². The molecule has 48 valence electrons. The van der Waals surface area contributed by atoms with E-state index in [1.807, 2.05) is 0 Å². The zero-order valence-corrected chi connectivity index (χ0v) is 9.34. The summed E-state index contributed by atoms with van der Waals surface area (Å²) in [5.41, 5.74) is 0. The van der Waals surface area contributed by atoms with Crippen LogP contribution < -0.4 is 51.4 Å². The Morgan fingerprint density at radius 3 is 2.20 bits per heavy atom. The molecule has 10 heavy (non-hydrogen) atoms. The van der Waals surface area contributed by atoms with Crippen molar-refractivity contribution in [3.8, 4) is 0 Å². The van der Waals surface area contributed by atoms with Crippen molar-refractivity contribution >= 4 is 12.6 Å². The zero-order valence-electron chi connectivity index (χ0n) is 5.40. The first kappa shape index (κ1) is 10.9. The van der Waals surface area contributed by atoms with Crippen LogP contribution in [0.2, 0.25) is 0 Å². The molecule has 0 atom stereocenters. The topological polar surface area (TPSA) is 0 Å². The van der Waals surface area contributed by atoms with Gasteiger partial charge in [0.2, 0.25) is 0 Å². The van der Waals surface area contributed by atoms with E-state index in [4.69, 9.17) is 0 Å². The van der Waals surface area contributed by atoms with Crippen LogP contribution in [0.25, 0.3) is 0 Å². The molecule has 0 aliphatic rings. The first-order valence-corrected chi connectivity index (χ1v) is 2.73. The minimum Gasteiger partial charge on any atom is -0.777 e. The fourth-order valence-electron chi connectivity index (χ4n) is 0.475. The predicted molar refractivity (Wildman–Crippen MR) is 32.0 cm³/mol. The summed E-state index contributed by atoms with van der Waals surface area (Å²) in [7, 11) is 0. The van der Waals surface area contributed by atoms with E-state index in [1.54, 1.807) is 0 Å². The Morgan fingerprint density at radius 1 is 1.20 bits per heavy atom. The third-order valence-electron chi connectivity index (χ3n) is 0.894. The normalized spacial score (nSPS) is 8.60. The number of hydrogen-bond acceptors (Lipinski definition) is 1. The van der Waals surface area contributed by atoms with E-state index in [0.29, 0.717) is 0 Å². The van der Waals surface area contributed by atoms with Gasteiger partial charge in [-0.05, 0) is 6.07 Å². The maximum Gasteiger partial charge on any atom is 1.00 e. The summed E-state index contributed by atoms with van der Waals surface area (Å²) in [6.07, 6.45) is 0. The number of rotatable bonds is 0. The van der Waals surface area contributed by atoms with Gasteiger partial charge in [-0.3, -0.25) is 0 Å². The smallest absolute Gasteiger partial charge is 0.777 e. The van der Waals surface area contributed by atoms with Gasteiger partial charge in [0.1, 0.15) is 11.6 Å². The molecule has 0 fully saturated rings. The van der Waals surface area contributed by atoms with Gasteiger partial charge in [0.15, 0.2) is 0 Å². The van der Waals surface area contributed by atoms with Crippen molar-refractivity contribution in [1.29, 1.82) is 0 Å². The average Bonchev–Trinajstić information content (AvgIpc) is 1.80. The molecule has 0 aliphatic heterocycles. The molecule has 0 amide bonds. The Labute approximate surface area is 106 Å². The van der Waals surface area contributed by atoms with E-state index in [-0.39, 0.29) is 56.3 Å². The van der Waals surface area contributed by atoms with Crippen molar-refractivity contribution in [3.05, 3.63) is 29.8 Å². The third-order valence-corrected chi connectivity index (χ3v) is 1.23. The molecule has 0 nitrogen and oxygen atoms in total. The molecule has 0 heterocycles. The largest absolute Gasteiger partial charge is 1.00 e. The van der Waals surface area contributed by atoms with E-state index >= 15 is 0 Å². The molecule has 4 heteroatoms. The third kappa shape index (κ3) is 2.90. The van der Waals surface area contributed by atoms with Gasteiger partial charge in [0, 0.05) is 6.07 Å². The molecular weight excluding hydrogens is 181 g/mol. The number of halogens is 2. The molecule has 0 radical (unpaired) electrons. The second kappa shape index (κ2) is 4.74. The van der Waals surface area contributed by atoms with Crippen molar-refractivity contribution in [3.63, 3.8) is 0 Å². The van der Waals surface area contributed by atoms with Gasteiger partial charge < -0.3 is 12.6 Å². The van der Waals surface area contributed by atoms with Gasteiger partial charge >= 0.3 is 51.4 Å². The molecule has 0 bridgehead atoms. The van der Waals surface area contributed by atoms with Crippen molar-refractivity contribution in [2.75, 3.05) is 0 Å². The van der Waals surface area contributed by atoms with Gasteiger partial charge in [-0.1, -0.05) is 6.07 Å². The molecule has 0 aromatic heterocycles. The standard InChI is InChI=1S/C6H4F2S.K/c7-4-1-2-6(9)5(8)3-4;/h1-3,9H;/q;+1/p-1. The minimum absolute atomic E-state index is 0. The summed E-state index contributed by atoms with van der Waals surface area (Å²) < 4.78 is 24.3. The van der Waals surface area contributed by atoms with Crippen LogP contribution in [0.4, 0.5) is 8.78 Å². The van der Waals surface area contributed by atoms with E-state index in [0.717, 1.165) is 12.1 Å². The summed E-state index contributed by atoms with van der Waals surface area (Å²) >= 11 is 4.47. The maximum absolute atomic E-state index is 12.2. The summed E-state index contributed by atoms with van der Waals surface area (Å²) in [5.74, 6) is -1.27. The molecular formula is C6H3F2KS. The second-order valence-electron chi connectivity index (χ2n) is 1.57. The Balaban J connectivity index is 0.000000810. The molecule has 0 spiro atoms. The van der Waals surface area contributed by atoms with Gasteiger partial charge in [0.25, 0.3) is 0 Å². The van der Waals surface area contributed by atoms with E-state index in [1.165, 1.54) is 6.07 Å². The molecule has 0 saturated heterocycles. The van der Waals surface area contributed by atoms with Gasteiger partial charge in [-0.25, -0.2) is 8.78 Å². The quantitative estimate of drug-likeness (QED) is 0.363. The van der Waals surface area contributed by atoms with E-state index < -0.39 is 11.6 Å². The van der Waals surface area contributed by atoms with Crippen LogP contribution in [0.3, 0.4) is 0 Å². The van der Waals surface area contributed by atoms with Crippen LogP contribution in [0.1, 0.15) is 0 Å². The van der Waals surface area contributed by atoms with Crippen LogP contribution in [0.5, 0.6) is 0 Å². The minimum atomic E-state index is -0.676. The summed E-state index contributed by atoms with van der Waals surface area (Å²) in [6, 6.07) is 3.12. The Bertz CT molecular complexity index is 227. The molecule has 0 N–H and O–H groups in total. The van der Waals surface area contributed by atoms with E-state index in [2.05, 4.69) is 12.6 Å². The molecule has 1 aromatic carbocycles. The predicted octanol–water partition coefficient (Wildman–Crippen LogP) is -1.13. The Hall–Kier alpha value is 0.936. The Kier molecular flexibility index (Phi) is 5.19. The Morgan fingerprint density at radius 2 is 1.80 bits per heavy atom. The van der Waals surface area contributed by atoms with E-state index in [9.17, 15) is 8.78 Å². The van der Waals surface area contributed by atoms with Gasteiger partial charge in [-0.2, -0.15) is 0 Å². The van der Waals surface area contributed by atoms with Gasteiger partial charge in [0.05, 0.1) is 0 Å². The molecule has 0 aliphatic carbocycles. The fraction of sp³-hybridized carbons (Fsp3) is 0. The summed E-state index contributed by atoms with van der Waals surface area (Å²) in [5, 5.41) is 0. The second-order valence-corrected chi connectivity index (χ2v) is 2.01. The molecule has 0 unspecified atom stereocenters. The van der Waals surface area contributed by atoms with Crippen LogP contribution >= 0.6 is 0 Å². The van der Waals surface area contributed by atoms with Crippen molar-refractivity contribution in [2.45, 2.75) is 4.90 Å². The molecule has 1 aromatic rings. The first-order chi connectivity index (χ1) is 4.20. The summed E-state index contributed by atoms with van der Waals surface area (Å²) in [6.45, 7) is 0. The van der Waals surface area contributed by atoms with Crippen LogP contribution in [0.15, 0.2) is 23.1 Å². The zero-order chi connectivity index (χ0) is 6.85. The van der Waals surface area contributed by atoms with Gasteiger partial charge in [-0.15, -0.1) is 4.90 Å². The van der Waals surface area contributed by atoms with Crippen LogP contribution in [0, 0.1) is 11.6 Å².